The molecule has 232 valence electrons. The third kappa shape index (κ3) is 8.39. The molecule has 4 rings (SSSR count). The SMILES string of the molecule is CCOC(=O)[C@H]1CCCN(C(=O)c2csc(CN(CCc3ccc(OC)c(OC)c3)Cc3ccc(OC)cc3OC)n2)C1. The largest absolute Gasteiger partial charge is 0.497 e. The molecule has 1 amide bonds. The highest BCUT2D eigenvalue weighted by Crippen LogP contribution is 2.29. The van der Waals surface area contributed by atoms with Gasteiger partial charge >= 0.3 is 5.97 Å². The third-order valence-electron chi connectivity index (χ3n) is 7.51. The molecule has 1 aliphatic rings. The van der Waals surface area contributed by atoms with E-state index in [9.17, 15) is 9.59 Å². The number of piperidine rings is 1. The van der Waals surface area contributed by atoms with Gasteiger partial charge in [-0.25, -0.2) is 4.98 Å². The van der Waals surface area contributed by atoms with Crippen LogP contribution in [0.25, 0.3) is 0 Å². The van der Waals surface area contributed by atoms with E-state index in [1.807, 2.05) is 41.8 Å². The van der Waals surface area contributed by atoms with Crippen molar-refractivity contribution < 1.29 is 33.3 Å². The molecular weight excluding hydrogens is 570 g/mol. The molecule has 3 aromatic rings. The number of likely N-dealkylation sites (tertiary alicyclic amines) is 1. The van der Waals surface area contributed by atoms with Gasteiger partial charge in [-0.15, -0.1) is 11.3 Å². The number of nitrogens with zero attached hydrogens (tertiary/aromatic N) is 3. The molecule has 1 aromatic heterocycles. The second-order valence-electron chi connectivity index (χ2n) is 10.3. The number of hydrogen-bond donors (Lipinski definition) is 0. The van der Waals surface area contributed by atoms with Gasteiger partial charge in [-0.1, -0.05) is 12.1 Å². The number of ether oxygens (including phenoxy) is 5. The van der Waals surface area contributed by atoms with E-state index in [0.717, 1.165) is 53.4 Å². The Bertz CT molecular complexity index is 1380. The van der Waals surface area contributed by atoms with Crippen molar-refractivity contribution in [3.63, 3.8) is 0 Å². The van der Waals surface area contributed by atoms with Gasteiger partial charge in [0.05, 0.1) is 47.5 Å². The summed E-state index contributed by atoms with van der Waals surface area (Å²) < 4.78 is 27.1. The minimum absolute atomic E-state index is 0.148. The molecule has 0 radical (unpaired) electrons. The van der Waals surface area contributed by atoms with Gasteiger partial charge in [0.2, 0.25) is 0 Å². The maximum atomic E-state index is 13.3. The Balaban J connectivity index is 1.50. The van der Waals surface area contributed by atoms with Gasteiger partial charge in [0.1, 0.15) is 22.2 Å². The van der Waals surface area contributed by atoms with Crippen LogP contribution in [0.4, 0.5) is 0 Å². The van der Waals surface area contributed by atoms with Crippen LogP contribution in [-0.2, 0) is 29.0 Å². The molecule has 0 saturated carbocycles. The second kappa shape index (κ2) is 15.6. The molecule has 0 N–H and O–H groups in total. The molecule has 2 heterocycles. The van der Waals surface area contributed by atoms with E-state index in [-0.39, 0.29) is 17.8 Å². The molecule has 0 unspecified atom stereocenters. The topological polar surface area (TPSA) is 99.7 Å². The fourth-order valence-corrected chi connectivity index (χ4v) is 6.02. The number of hydrogen-bond acceptors (Lipinski definition) is 10. The fraction of sp³-hybridized carbons (Fsp3) is 0.469. The molecule has 43 heavy (non-hydrogen) atoms. The van der Waals surface area contributed by atoms with Gasteiger partial charge in [-0.2, -0.15) is 0 Å². The van der Waals surface area contributed by atoms with Gasteiger partial charge in [0.25, 0.3) is 5.91 Å². The number of rotatable bonds is 14. The molecule has 1 aliphatic heterocycles. The first-order chi connectivity index (χ1) is 20.9. The summed E-state index contributed by atoms with van der Waals surface area (Å²) in [6.07, 6.45) is 2.26. The quantitative estimate of drug-likeness (QED) is 0.237. The van der Waals surface area contributed by atoms with Crippen LogP contribution in [0.15, 0.2) is 41.8 Å². The summed E-state index contributed by atoms with van der Waals surface area (Å²) in [5, 5.41) is 2.65. The maximum Gasteiger partial charge on any atom is 0.310 e. The van der Waals surface area contributed by atoms with Crippen LogP contribution in [-0.4, -0.2) is 81.3 Å². The average molecular weight is 612 g/mol. The van der Waals surface area contributed by atoms with E-state index >= 15 is 0 Å². The Morgan fingerprint density at radius 3 is 2.49 bits per heavy atom. The first-order valence-electron chi connectivity index (χ1n) is 14.4. The minimum Gasteiger partial charge on any atom is -0.497 e. The fourth-order valence-electron chi connectivity index (χ4n) is 5.21. The van der Waals surface area contributed by atoms with Crippen LogP contribution in [0.5, 0.6) is 23.0 Å². The highest BCUT2D eigenvalue weighted by atomic mass is 32.1. The Hall–Kier alpha value is -3.83. The monoisotopic (exact) mass is 611 g/mol. The number of aromatic nitrogens is 1. The lowest BCUT2D eigenvalue weighted by molar-refractivity contribution is -0.149. The lowest BCUT2D eigenvalue weighted by atomic mass is 9.98. The Labute approximate surface area is 257 Å². The highest BCUT2D eigenvalue weighted by molar-refractivity contribution is 7.09. The molecule has 0 aliphatic carbocycles. The van der Waals surface area contributed by atoms with Crippen molar-refractivity contribution in [1.82, 2.24) is 14.8 Å². The molecule has 10 nitrogen and oxygen atoms in total. The Morgan fingerprint density at radius 2 is 1.77 bits per heavy atom. The normalized spacial score (nSPS) is 14.8. The number of methoxy groups -OCH3 is 4. The van der Waals surface area contributed by atoms with E-state index in [2.05, 4.69) is 4.90 Å². The molecule has 1 saturated heterocycles. The number of amides is 1. The predicted octanol–water partition coefficient (Wildman–Crippen LogP) is 4.84. The average Bonchev–Trinajstić information content (AvgIpc) is 3.51. The van der Waals surface area contributed by atoms with E-state index in [1.54, 1.807) is 40.3 Å². The van der Waals surface area contributed by atoms with Gasteiger partial charge < -0.3 is 28.6 Å². The summed E-state index contributed by atoms with van der Waals surface area (Å²) in [5.74, 6) is 2.17. The van der Waals surface area contributed by atoms with Crippen LogP contribution >= 0.6 is 11.3 Å². The van der Waals surface area contributed by atoms with Crippen LogP contribution in [0, 0.1) is 5.92 Å². The van der Waals surface area contributed by atoms with E-state index in [1.165, 1.54) is 11.3 Å². The van der Waals surface area contributed by atoms with Crippen LogP contribution in [0.2, 0.25) is 0 Å². The van der Waals surface area contributed by atoms with E-state index < -0.39 is 0 Å². The molecule has 1 atom stereocenters. The predicted molar refractivity (Wildman–Crippen MR) is 164 cm³/mol. The van der Waals surface area contributed by atoms with Gasteiger partial charge in [0.15, 0.2) is 11.5 Å². The molecular formula is C32H41N3O7S. The zero-order chi connectivity index (χ0) is 30.8. The zero-order valence-electron chi connectivity index (χ0n) is 25.6. The van der Waals surface area contributed by atoms with Crippen LogP contribution < -0.4 is 18.9 Å². The van der Waals surface area contributed by atoms with Crippen molar-refractivity contribution in [1.29, 1.82) is 0 Å². The van der Waals surface area contributed by atoms with Crippen molar-refractivity contribution in [3.05, 3.63) is 63.6 Å². The molecule has 1 fully saturated rings. The number of thiazole rings is 1. The summed E-state index contributed by atoms with van der Waals surface area (Å²) in [6, 6.07) is 11.8. The van der Waals surface area contributed by atoms with Crippen molar-refractivity contribution in [2.75, 3.05) is 54.7 Å². The summed E-state index contributed by atoms with van der Waals surface area (Å²) in [4.78, 5) is 34.4. The van der Waals surface area contributed by atoms with Gasteiger partial charge in [0, 0.05) is 43.2 Å². The number of carbonyl (C=O) groups excluding carboxylic acids is 2. The lowest BCUT2D eigenvalue weighted by Crippen LogP contribution is -2.43. The summed E-state index contributed by atoms with van der Waals surface area (Å²) in [7, 11) is 6.54. The van der Waals surface area contributed by atoms with Gasteiger partial charge in [-0.05, 0) is 49.9 Å². The highest BCUT2D eigenvalue weighted by Gasteiger charge is 2.30. The van der Waals surface area contributed by atoms with Crippen molar-refractivity contribution in [3.8, 4) is 23.0 Å². The van der Waals surface area contributed by atoms with Gasteiger partial charge in [-0.3, -0.25) is 14.5 Å². The summed E-state index contributed by atoms with van der Waals surface area (Å²) in [5.41, 5.74) is 2.54. The third-order valence-corrected chi connectivity index (χ3v) is 8.34. The van der Waals surface area contributed by atoms with Crippen LogP contribution in [0.3, 0.4) is 0 Å². The second-order valence-corrected chi connectivity index (χ2v) is 11.2. The lowest BCUT2D eigenvalue weighted by Gasteiger charge is -2.31. The Morgan fingerprint density at radius 1 is 0.977 bits per heavy atom. The molecule has 11 heteroatoms. The Kier molecular flexibility index (Phi) is 11.6. The zero-order valence-corrected chi connectivity index (χ0v) is 26.4. The van der Waals surface area contributed by atoms with Crippen molar-refractivity contribution in [2.45, 2.75) is 39.3 Å². The minimum atomic E-state index is -0.290. The van der Waals surface area contributed by atoms with E-state index in [0.29, 0.717) is 50.0 Å². The summed E-state index contributed by atoms with van der Waals surface area (Å²) >= 11 is 1.47. The maximum absolute atomic E-state index is 13.3. The number of carbonyl (C=O) groups is 2. The standard InChI is InChI=1S/C32H41N3O7S/c1-6-42-32(37)24-8-7-14-35(19-24)31(36)26-21-43-30(33-26)20-34(18-23-10-11-25(38-2)17-28(23)40-4)15-13-22-9-12-27(39-3)29(16-22)41-5/h9-12,16-17,21,24H,6-8,13-15,18-20H2,1-5H3/t24-/m0/s1. The number of benzene rings is 2. The smallest absolute Gasteiger partial charge is 0.310 e. The molecule has 0 bridgehead atoms. The molecule has 0 spiro atoms. The van der Waals surface area contributed by atoms with Crippen LogP contribution in [0.1, 0.15) is 46.4 Å². The summed E-state index contributed by atoms with van der Waals surface area (Å²) in [6.45, 7) is 4.98. The molecule has 2 aromatic carbocycles. The number of esters is 1. The van der Waals surface area contributed by atoms with Crippen molar-refractivity contribution in [2.24, 2.45) is 5.92 Å². The first kappa shape index (κ1) is 32.1. The first-order valence-corrected chi connectivity index (χ1v) is 15.3. The van der Waals surface area contributed by atoms with Crippen molar-refractivity contribution >= 4 is 23.2 Å². The van der Waals surface area contributed by atoms with E-state index in [4.69, 9.17) is 28.7 Å².